The van der Waals surface area contributed by atoms with Gasteiger partial charge in [-0.1, -0.05) is 48.0 Å². The molecule has 3 rings (SSSR count). The second-order valence-corrected chi connectivity index (χ2v) is 8.02. The van der Waals surface area contributed by atoms with Gasteiger partial charge in [-0.3, -0.25) is 10.1 Å². The molecule has 2 aromatic rings. The highest BCUT2D eigenvalue weighted by molar-refractivity contribution is 6.30. The molecule has 2 aromatic carbocycles. The third-order valence-electron chi connectivity index (χ3n) is 5.51. The lowest BCUT2D eigenvalue weighted by molar-refractivity contribution is -0.563. The number of hydrogen-bond donors (Lipinski definition) is 2. The molecule has 1 aliphatic rings. The molecule has 32 heavy (non-hydrogen) atoms. The average molecular weight is 461 g/mol. The number of aliphatic hydroxyl groups excluding tert-OH is 1. The number of nitrogens with zero attached hydrogens (tertiary/aromatic N) is 1. The van der Waals surface area contributed by atoms with E-state index >= 15 is 0 Å². The summed E-state index contributed by atoms with van der Waals surface area (Å²) in [6, 6.07) is 13.2. The van der Waals surface area contributed by atoms with Crippen molar-refractivity contribution in [3.8, 4) is 5.75 Å². The quantitative estimate of drug-likeness (QED) is 0.352. The smallest absolute Gasteiger partial charge is 0.388 e. The zero-order valence-corrected chi connectivity index (χ0v) is 18.5. The maximum Gasteiger partial charge on any atom is 0.388 e. The van der Waals surface area contributed by atoms with Crippen LogP contribution in [0.1, 0.15) is 30.9 Å². The fourth-order valence-corrected chi connectivity index (χ4v) is 4.11. The SMILES string of the molecule is CC1=CC(c2ccccc2OCc2ccc(Cl)cc2)C(C(=O)OCCO)([N+](=O)[O-])C(C)N1. The van der Waals surface area contributed by atoms with E-state index in [0.29, 0.717) is 22.0 Å². The van der Waals surface area contributed by atoms with Gasteiger partial charge in [0.05, 0.1) is 12.5 Å². The molecule has 0 saturated carbocycles. The van der Waals surface area contributed by atoms with Crippen molar-refractivity contribution in [1.29, 1.82) is 0 Å². The Kier molecular flexibility index (Phi) is 7.37. The molecule has 1 heterocycles. The maximum atomic E-state index is 13.0. The predicted octanol–water partition coefficient (Wildman–Crippen LogP) is 3.45. The van der Waals surface area contributed by atoms with E-state index in [2.05, 4.69) is 5.32 Å². The number of aliphatic hydroxyl groups is 1. The second-order valence-electron chi connectivity index (χ2n) is 7.59. The zero-order valence-electron chi connectivity index (χ0n) is 17.8. The first-order valence-electron chi connectivity index (χ1n) is 10.1. The van der Waals surface area contributed by atoms with Gasteiger partial charge in [0.25, 0.3) is 0 Å². The Balaban J connectivity index is 2.04. The molecule has 170 valence electrons. The Bertz CT molecular complexity index is 1010. The van der Waals surface area contributed by atoms with Gasteiger partial charge in [-0.15, -0.1) is 0 Å². The molecule has 2 N–H and O–H groups in total. The summed E-state index contributed by atoms with van der Waals surface area (Å²) in [6.45, 7) is 2.82. The summed E-state index contributed by atoms with van der Waals surface area (Å²) in [5.74, 6) is -1.55. The fourth-order valence-electron chi connectivity index (χ4n) is 3.99. The molecule has 9 heteroatoms. The van der Waals surface area contributed by atoms with Gasteiger partial charge >= 0.3 is 11.5 Å². The van der Waals surface area contributed by atoms with Crippen LogP contribution in [0, 0.1) is 10.1 Å². The molecular formula is C23H25ClN2O6. The number of allylic oxidation sites excluding steroid dienone is 1. The highest BCUT2D eigenvalue weighted by Gasteiger charge is 2.65. The Morgan fingerprint density at radius 2 is 1.94 bits per heavy atom. The molecule has 0 bridgehead atoms. The van der Waals surface area contributed by atoms with E-state index in [1.807, 2.05) is 12.1 Å². The van der Waals surface area contributed by atoms with Gasteiger partial charge in [-0.25, -0.2) is 4.79 Å². The molecule has 0 amide bonds. The minimum Gasteiger partial charge on any atom is -0.489 e. The lowest BCUT2D eigenvalue weighted by Crippen LogP contribution is -2.65. The largest absolute Gasteiger partial charge is 0.489 e. The summed E-state index contributed by atoms with van der Waals surface area (Å²) in [5.41, 5.74) is -0.0826. The molecule has 8 nitrogen and oxygen atoms in total. The minimum absolute atomic E-state index is 0.220. The second kappa shape index (κ2) is 10.0. The third kappa shape index (κ3) is 4.56. The molecule has 0 aliphatic carbocycles. The van der Waals surface area contributed by atoms with Gasteiger partial charge in [0.2, 0.25) is 0 Å². The average Bonchev–Trinajstić information content (AvgIpc) is 2.76. The van der Waals surface area contributed by atoms with E-state index in [1.165, 1.54) is 0 Å². The summed E-state index contributed by atoms with van der Waals surface area (Å²) in [6.07, 6.45) is 1.65. The minimum atomic E-state index is -2.14. The van der Waals surface area contributed by atoms with Crippen LogP contribution in [-0.2, 0) is 16.1 Å². The van der Waals surface area contributed by atoms with Crippen molar-refractivity contribution in [3.05, 3.63) is 86.6 Å². The molecule has 3 unspecified atom stereocenters. The lowest BCUT2D eigenvalue weighted by Gasteiger charge is -2.39. The molecule has 0 saturated heterocycles. The summed E-state index contributed by atoms with van der Waals surface area (Å²) in [4.78, 5) is 24.9. The number of carbonyl (C=O) groups excluding carboxylic acids is 1. The van der Waals surface area contributed by atoms with E-state index in [-0.39, 0.29) is 13.2 Å². The lowest BCUT2D eigenvalue weighted by atomic mass is 9.72. The van der Waals surface area contributed by atoms with Crippen LogP contribution in [0.4, 0.5) is 0 Å². The van der Waals surface area contributed by atoms with Crippen molar-refractivity contribution < 1.29 is 24.3 Å². The van der Waals surface area contributed by atoms with Crippen LogP contribution >= 0.6 is 11.6 Å². The van der Waals surface area contributed by atoms with Gasteiger partial charge in [0.15, 0.2) is 0 Å². The van der Waals surface area contributed by atoms with E-state index in [1.54, 1.807) is 56.3 Å². The number of rotatable bonds is 8. The van der Waals surface area contributed by atoms with E-state index in [9.17, 15) is 14.9 Å². The normalized spacial score (nSPS) is 22.4. The Morgan fingerprint density at radius 3 is 2.59 bits per heavy atom. The van der Waals surface area contributed by atoms with Crippen molar-refractivity contribution in [2.75, 3.05) is 13.2 Å². The van der Waals surface area contributed by atoms with Crippen molar-refractivity contribution in [3.63, 3.8) is 0 Å². The topological polar surface area (TPSA) is 111 Å². The molecular weight excluding hydrogens is 436 g/mol. The van der Waals surface area contributed by atoms with Gasteiger partial charge in [-0.2, -0.15) is 0 Å². The number of ether oxygens (including phenoxy) is 2. The van der Waals surface area contributed by atoms with Crippen LogP contribution in [-0.4, -0.2) is 40.8 Å². The fraction of sp³-hybridized carbons (Fsp3) is 0.348. The first-order valence-corrected chi connectivity index (χ1v) is 10.5. The van der Waals surface area contributed by atoms with Crippen LogP contribution in [0.15, 0.2) is 60.3 Å². The van der Waals surface area contributed by atoms with Crippen molar-refractivity contribution in [2.24, 2.45) is 0 Å². The van der Waals surface area contributed by atoms with Crippen molar-refractivity contribution >= 4 is 17.6 Å². The summed E-state index contributed by atoms with van der Waals surface area (Å²) >= 11 is 5.93. The summed E-state index contributed by atoms with van der Waals surface area (Å²) < 4.78 is 11.1. The molecule has 1 aliphatic heterocycles. The van der Waals surface area contributed by atoms with Gasteiger partial charge < -0.3 is 19.9 Å². The van der Waals surface area contributed by atoms with Crippen LogP contribution in [0.3, 0.4) is 0 Å². The first kappa shape index (κ1) is 23.6. The highest BCUT2D eigenvalue weighted by atomic mass is 35.5. The number of hydrogen-bond acceptors (Lipinski definition) is 7. The number of nitro groups is 1. The molecule has 0 aromatic heterocycles. The van der Waals surface area contributed by atoms with Crippen molar-refractivity contribution in [1.82, 2.24) is 5.32 Å². The predicted molar refractivity (Wildman–Crippen MR) is 119 cm³/mol. The van der Waals surface area contributed by atoms with Crippen LogP contribution in [0.5, 0.6) is 5.75 Å². The monoisotopic (exact) mass is 460 g/mol. The van der Waals surface area contributed by atoms with Crippen LogP contribution in [0.2, 0.25) is 5.02 Å². The molecule has 0 spiro atoms. The van der Waals surface area contributed by atoms with Crippen LogP contribution < -0.4 is 10.1 Å². The van der Waals surface area contributed by atoms with E-state index in [0.717, 1.165) is 5.56 Å². The Labute approximate surface area is 190 Å². The Hall–Kier alpha value is -3.10. The van der Waals surface area contributed by atoms with Gasteiger partial charge in [0.1, 0.15) is 25.0 Å². The standard InChI is InChI=1S/C23H25ClN2O6/c1-15-13-20(23(26(29)30,16(2)25-15)22(28)31-12-11-27)19-5-3-4-6-21(19)32-14-17-7-9-18(24)10-8-17/h3-10,13,16,20,25,27H,11-12,14H2,1-2H3. The first-order chi connectivity index (χ1) is 15.3. The third-order valence-corrected chi connectivity index (χ3v) is 5.76. The Morgan fingerprint density at radius 1 is 1.25 bits per heavy atom. The van der Waals surface area contributed by atoms with Crippen molar-refractivity contribution in [2.45, 2.75) is 38.0 Å². The number of benzene rings is 2. The van der Waals surface area contributed by atoms with E-state index in [4.69, 9.17) is 26.2 Å². The van der Waals surface area contributed by atoms with Crippen LogP contribution in [0.25, 0.3) is 0 Å². The number of esters is 1. The van der Waals surface area contributed by atoms with Gasteiger partial charge in [-0.05, 0) is 37.6 Å². The number of nitrogens with one attached hydrogen (secondary N) is 1. The number of para-hydroxylation sites is 1. The highest BCUT2D eigenvalue weighted by Crippen LogP contribution is 2.43. The molecule has 0 fully saturated rings. The number of carbonyl (C=O) groups is 1. The van der Waals surface area contributed by atoms with E-state index < -0.39 is 35.0 Å². The zero-order chi connectivity index (χ0) is 23.3. The van der Waals surface area contributed by atoms with Gasteiger partial charge in [0, 0.05) is 21.2 Å². The summed E-state index contributed by atoms with van der Waals surface area (Å²) in [5, 5.41) is 25.1. The number of halogens is 1. The summed E-state index contributed by atoms with van der Waals surface area (Å²) in [7, 11) is 0. The molecule has 3 atom stereocenters. The maximum absolute atomic E-state index is 13.0. The molecule has 0 radical (unpaired) electrons.